The van der Waals surface area contributed by atoms with Crippen molar-refractivity contribution in [3.8, 4) is 0 Å². The molecule has 2 rings (SSSR count). The van der Waals surface area contributed by atoms with Crippen LogP contribution in [-0.2, 0) is 11.3 Å². The van der Waals surface area contributed by atoms with Gasteiger partial charge in [0.1, 0.15) is 0 Å². The average Bonchev–Trinajstić information content (AvgIpc) is 2.50. The van der Waals surface area contributed by atoms with Gasteiger partial charge in [-0.3, -0.25) is 14.6 Å². The quantitative estimate of drug-likeness (QED) is 0.807. The van der Waals surface area contributed by atoms with Crippen LogP contribution in [0.15, 0.2) is 30.3 Å². The number of halogens is 1. The topological polar surface area (TPSA) is 61.6 Å². The highest BCUT2D eigenvalue weighted by molar-refractivity contribution is 5.85. The smallest absolute Gasteiger partial charge is 0.236 e. The highest BCUT2D eigenvalue weighted by Crippen LogP contribution is 2.07. The number of nitrogens with one attached hydrogen (secondary N) is 1. The Hall–Kier alpha value is -1.14. The van der Waals surface area contributed by atoms with Gasteiger partial charge in [-0.15, -0.1) is 12.4 Å². The number of carbonyl (C=O) groups excluding carboxylic acids is 1. The van der Waals surface area contributed by atoms with Crippen molar-refractivity contribution in [2.45, 2.75) is 19.5 Å². The third-order valence-electron chi connectivity index (χ3n) is 3.85. The van der Waals surface area contributed by atoms with Crippen LogP contribution in [0.5, 0.6) is 0 Å². The Labute approximate surface area is 139 Å². The molecule has 0 saturated carbocycles. The molecule has 1 fully saturated rings. The number of hydrogen-bond acceptors (Lipinski definition) is 4. The lowest BCUT2D eigenvalue weighted by atomic mass is 10.2. The fourth-order valence-electron chi connectivity index (χ4n) is 2.51. The van der Waals surface area contributed by atoms with E-state index < -0.39 is 6.04 Å². The second kappa shape index (κ2) is 9.79. The molecule has 6 heteroatoms. The summed E-state index contributed by atoms with van der Waals surface area (Å²) in [6.07, 6.45) is 0. The van der Waals surface area contributed by atoms with E-state index in [0.29, 0.717) is 6.54 Å². The maximum Gasteiger partial charge on any atom is 0.236 e. The molecule has 0 radical (unpaired) electrons. The van der Waals surface area contributed by atoms with E-state index in [1.807, 2.05) is 0 Å². The van der Waals surface area contributed by atoms with E-state index in [1.165, 1.54) is 5.56 Å². The Morgan fingerprint density at radius 1 is 1.18 bits per heavy atom. The van der Waals surface area contributed by atoms with Gasteiger partial charge >= 0.3 is 0 Å². The normalized spacial score (nSPS) is 17.5. The van der Waals surface area contributed by atoms with Gasteiger partial charge in [0, 0.05) is 45.8 Å². The van der Waals surface area contributed by atoms with Crippen molar-refractivity contribution in [3.05, 3.63) is 35.9 Å². The number of benzene rings is 1. The minimum Gasteiger partial charge on any atom is -0.353 e. The maximum absolute atomic E-state index is 11.4. The zero-order chi connectivity index (χ0) is 15.1. The number of rotatable bonds is 6. The van der Waals surface area contributed by atoms with Crippen molar-refractivity contribution in [2.24, 2.45) is 5.73 Å². The number of amides is 1. The molecule has 0 spiro atoms. The summed E-state index contributed by atoms with van der Waals surface area (Å²) < 4.78 is 0. The van der Waals surface area contributed by atoms with Crippen molar-refractivity contribution < 1.29 is 4.79 Å². The van der Waals surface area contributed by atoms with Crippen molar-refractivity contribution >= 4 is 18.3 Å². The first-order valence-corrected chi connectivity index (χ1v) is 7.67. The molecule has 1 aliphatic rings. The highest BCUT2D eigenvalue weighted by atomic mass is 35.5. The largest absolute Gasteiger partial charge is 0.353 e. The van der Waals surface area contributed by atoms with Crippen molar-refractivity contribution in [2.75, 3.05) is 39.3 Å². The van der Waals surface area contributed by atoms with Gasteiger partial charge in [0.05, 0.1) is 6.04 Å². The minimum absolute atomic E-state index is 0. The molecule has 1 heterocycles. The summed E-state index contributed by atoms with van der Waals surface area (Å²) in [4.78, 5) is 16.2. The number of piperazine rings is 1. The van der Waals surface area contributed by atoms with Crippen LogP contribution in [-0.4, -0.2) is 61.0 Å². The first-order chi connectivity index (χ1) is 10.1. The molecule has 22 heavy (non-hydrogen) atoms. The van der Waals surface area contributed by atoms with Crippen LogP contribution < -0.4 is 11.1 Å². The van der Waals surface area contributed by atoms with Gasteiger partial charge < -0.3 is 11.1 Å². The molecule has 1 amide bonds. The van der Waals surface area contributed by atoms with Crippen LogP contribution in [0.25, 0.3) is 0 Å². The van der Waals surface area contributed by atoms with Crippen molar-refractivity contribution in [3.63, 3.8) is 0 Å². The molecule has 1 aliphatic heterocycles. The highest BCUT2D eigenvalue weighted by Gasteiger charge is 2.16. The molecular weight excluding hydrogens is 300 g/mol. The zero-order valence-corrected chi connectivity index (χ0v) is 14.0. The lowest BCUT2D eigenvalue weighted by molar-refractivity contribution is -0.122. The fraction of sp³-hybridized carbons (Fsp3) is 0.562. The molecule has 1 saturated heterocycles. The van der Waals surface area contributed by atoms with Gasteiger partial charge in [0.15, 0.2) is 0 Å². The van der Waals surface area contributed by atoms with E-state index in [1.54, 1.807) is 6.92 Å². The minimum atomic E-state index is -0.423. The second-order valence-corrected chi connectivity index (χ2v) is 5.68. The standard InChI is InChI=1S/C16H26N4O.ClH/c1-14(17)16(21)18-7-8-19-9-11-20(12-10-19)13-15-5-3-2-4-6-15;/h2-6,14H,7-13,17H2,1H3,(H,18,21);1H. The molecule has 5 nitrogen and oxygen atoms in total. The third-order valence-corrected chi connectivity index (χ3v) is 3.85. The summed E-state index contributed by atoms with van der Waals surface area (Å²) in [7, 11) is 0. The number of hydrogen-bond donors (Lipinski definition) is 2. The molecule has 0 aliphatic carbocycles. The SMILES string of the molecule is CC(N)C(=O)NCCN1CCN(Cc2ccccc2)CC1.Cl. The molecule has 0 bridgehead atoms. The van der Waals surface area contributed by atoms with Crippen LogP contribution in [0, 0.1) is 0 Å². The number of nitrogens with zero attached hydrogens (tertiary/aromatic N) is 2. The van der Waals surface area contributed by atoms with Gasteiger partial charge in [-0.25, -0.2) is 0 Å². The summed E-state index contributed by atoms with van der Waals surface area (Å²) in [6, 6.07) is 10.2. The average molecular weight is 327 g/mol. The van der Waals surface area contributed by atoms with E-state index in [2.05, 4.69) is 45.4 Å². The summed E-state index contributed by atoms with van der Waals surface area (Å²) in [5, 5.41) is 2.86. The molecule has 1 atom stereocenters. The summed E-state index contributed by atoms with van der Waals surface area (Å²) in [5.74, 6) is -0.0716. The Morgan fingerprint density at radius 3 is 2.36 bits per heavy atom. The Bertz CT molecular complexity index is 433. The number of nitrogens with two attached hydrogens (primary N) is 1. The molecule has 1 unspecified atom stereocenters. The zero-order valence-electron chi connectivity index (χ0n) is 13.2. The second-order valence-electron chi connectivity index (χ2n) is 5.68. The number of carbonyl (C=O) groups is 1. The lowest BCUT2D eigenvalue weighted by Gasteiger charge is -2.34. The molecule has 0 aromatic heterocycles. The lowest BCUT2D eigenvalue weighted by Crippen LogP contribution is -2.49. The van der Waals surface area contributed by atoms with Crippen LogP contribution in [0.4, 0.5) is 0 Å². The Morgan fingerprint density at radius 2 is 1.77 bits per heavy atom. The first kappa shape index (κ1) is 18.9. The van der Waals surface area contributed by atoms with Crippen LogP contribution in [0.2, 0.25) is 0 Å². The van der Waals surface area contributed by atoms with E-state index in [4.69, 9.17) is 5.73 Å². The van der Waals surface area contributed by atoms with Gasteiger partial charge in [-0.1, -0.05) is 30.3 Å². The summed E-state index contributed by atoms with van der Waals surface area (Å²) >= 11 is 0. The fourth-order valence-corrected chi connectivity index (χ4v) is 2.51. The van der Waals surface area contributed by atoms with Crippen LogP contribution in [0.1, 0.15) is 12.5 Å². The van der Waals surface area contributed by atoms with Crippen molar-refractivity contribution in [1.82, 2.24) is 15.1 Å². The summed E-state index contributed by atoms with van der Waals surface area (Å²) in [6.45, 7) is 8.58. The van der Waals surface area contributed by atoms with Gasteiger partial charge in [0.2, 0.25) is 5.91 Å². The predicted molar refractivity (Wildman–Crippen MR) is 92.1 cm³/mol. The van der Waals surface area contributed by atoms with Gasteiger partial charge in [-0.05, 0) is 12.5 Å². The van der Waals surface area contributed by atoms with E-state index in [9.17, 15) is 4.79 Å². The Balaban J connectivity index is 0.00000242. The predicted octanol–water partition coefficient (Wildman–Crippen LogP) is 0.689. The molecule has 3 N–H and O–H groups in total. The summed E-state index contributed by atoms with van der Waals surface area (Å²) in [5.41, 5.74) is 6.88. The molecular formula is C16H27ClN4O. The van der Waals surface area contributed by atoms with Gasteiger partial charge in [-0.2, -0.15) is 0 Å². The van der Waals surface area contributed by atoms with E-state index in [0.717, 1.165) is 39.3 Å². The third kappa shape index (κ3) is 6.32. The van der Waals surface area contributed by atoms with Crippen molar-refractivity contribution in [1.29, 1.82) is 0 Å². The Kier molecular flexibility index (Phi) is 8.42. The van der Waals surface area contributed by atoms with E-state index in [-0.39, 0.29) is 18.3 Å². The molecule has 124 valence electrons. The monoisotopic (exact) mass is 326 g/mol. The van der Waals surface area contributed by atoms with Gasteiger partial charge in [0.25, 0.3) is 0 Å². The molecule has 1 aromatic rings. The molecule has 1 aromatic carbocycles. The first-order valence-electron chi connectivity index (χ1n) is 7.67. The van der Waals surface area contributed by atoms with Crippen LogP contribution >= 0.6 is 12.4 Å². The maximum atomic E-state index is 11.4. The van der Waals surface area contributed by atoms with Crippen LogP contribution in [0.3, 0.4) is 0 Å². The van der Waals surface area contributed by atoms with E-state index >= 15 is 0 Å².